The fourth-order valence-electron chi connectivity index (χ4n) is 4.03. The van der Waals surface area contributed by atoms with Crippen LogP contribution in [-0.4, -0.2) is 29.8 Å². The van der Waals surface area contributed by atoms with Crippen LogP contribution in [0.1, 0.15) is 39.8 Å². The molecule has 0 radical (unpaired) electrons. The van der Waals surface area contributed by atoms with Crippen molar-refractivity contribution in [3.8, 4) is 11.1 Å². The van der Waals surface area contributed by atoms with E-state index in [2.05, 4.69) is 10.3 Å². The number of carbonyl (C=O) groups excluding carboxylic acids is 3. The Balaban J connectivity index is 1.60. The Morgan fingerprint density at radius 1 is 1.20 bits per heavy atom. The number of rotatable bonds is 6. The summed E-state index contributed by atoms with van der Waals surface area (Å²) in [5.41, 5.74) is 7.20. The van der Waals surface area contributed by atoms with Gasteiger partial charge in [0.05, 0.1) is 16.6 Å². The molecule has 0 saturated carbocycles. The molecular formula is C25H21ClF2N4O3. The molecule has 2 heterocycles. The van der Waals surface area contributed by atoms with Gasteiger partial charge in [-0.05, 0) is 42.8 Å². The first kappa shape index (κ1) is 24.3. The first-order valence-corrected chi connectivity index (χ1v) is 11.2. The van der Waals surface area contributed by atoms with Gasteiger partial charge in [-0.1, -0.05) is 6.07 Å². The SMILES string of the molecule is CN1C(=O)CCc2c1ccc(-c1cnc(C(Cl)CC(=O)Nc3cccc(F)c3)c(C(N)=O)c1)c2F. The number of nitrogens with two attached hydrogens (primary N) is 1. The van der Waals surface area contributed by atoms with Crippen LogP contribution in [-0.2, 0) is 16.0 Å². The van der Waals surface area contributed by atoms with E-state index in [-0.39, 0.29) is 47.7 Å². The normalized spacial score (nSPS) is 13.8. The first-order chi connectivity index (χ1) is 16.7. The van der Waals surface area contributed by atoms with Gasteiger partial charge in [-0.15, -0.1) is 11.6 Å². The van der Waals surface area contributed by atoms with Crippen LogP contribution >= 0.6 is 11.6 Å². The summed E-state index contributed by atoms with van der Waals surface area (Å²) in [6.07, 6.45) is 1.54. The fourth-order valence-corrected chi connectivity index (χ4v) is 4.34. The van der Waals surface area contributed by atoms with Gasteiger partial charge in [-0.3, -0.25) is 19.4 Å². The number of primary amides is 1. The van der Waals surface area contributed by atoms with Gasteiger partial charge in [0.2, 0.25) is 11.8 Å². The number of hydrogen-bond donors (Lipinski definition) is 2. The summed E-state index contributed by atoms with van der Waals surface area (Å²) in [6, 6.07) is 9.90. The number of benzene rings is 2. The van der Waals surface area contributed by atoms with E-state index >= 15 is 4.39 Å². The number of carbonyl (C=O) groups is 3. The van der Waals surface area contributed by atoms with Crippen LogP contribution in [0, 0.1) is 11.6 Å². The van der Waals surface area contributed by atoms with Crippen molar-refractivity contribution in [2.24, 2.45) is 5.73 Å². The van der Waals surface area contributed by atoms with Crippen molar-refractivity contribution in [3.05, 3.63) is 77.1 Å². The molecule has 2 aromatic carbocycles. The van der Waals surface area contributed by atoms with Crippen molar-refractivity contribution < 1.29 is 23.2 Å². The van der Waals surface area contributed by atoms with Crippen LogP contribution in [0.5, 0.6) is 0 Å². The van der Waals surface area contributed by atoms with Gasteiger partial charge in [0.25, 0.3) is 5.91 Å². The minimum absolute atomic E-state index is 0.0505. The number of anilines is 2. The largest absolute Gasteiger partial charge is 0.366 e. The lowest BCUT2D eigenvalue weighted by molar-refractivity contribution is -0.118. The second kappa shape index (κ2) is 9.79. The molecule has 1 aliphatic rings. The molecule has 1 aliphatic heterocycles. The van der Waals surface area contributed by atoms with Gasteiger partial charge in [0.15, 0.2) is 0 Å². The van der Waals surface area contributed by atoms with Crippen molar-refractivity contribution in [1.29, 1.82) is 0 Å². The predicted octanol–water partition coefficient (Wildman–Crippen LogP) is 4.34. The summed E-state index contributed by atoms with van der Waals surface area (Å²) in [5, 5.41) is 1.51. The van der Waals surface area contributed by atoms with E-state index in [4.69, 9.17) is 17.3 Å². The molecule has 0 spiro atoms. The van der Waals surface area contributed by atoms with Crippen LogP contribution in [0.15, 0.2) is 48.7 Å². The van der Waals surface area contributed by atoms with Crippen molar-refractivity contribution in [3.63, 3.8) is 0 Å². The number of nitrogens with zero attached hydrogens (tertiary/aromatic N) is 2. The molecule has 3 N–H and O–H groups in total. The summed E-state index contributed by atoms with van der Waals surface area (Å²) < 4.78 is 28.7. The van der Waals surface area contributed by atoms with Crippen molar-refractivity contribution in [2.45, 2.75) is 24.6 Å². The molecule has 4 rings (SSSR count). The summed E-state index contributed by atoms with van der Waals surface area (Å²) >= 11 is 6.39. The molecule has 35 heavy (non-hydrogen) atoms. The number of nitrogens with one attached hydrogen (secondary N) is 1. The minimum Gasteiger partial charge on any atom is -0.366 e. The van der Waals surface area contributed by atoms with Crippen molar-refractivity contribution >= 4 is 40.7 Å². The molecule has 1 unspecified atom stereocenters. The molecular weight excluding hydrogens is 478 g/mol. The zero-order valence-corrected chi connectivity index (χ0v) is 19.4. The maximum atomic E-state index is 15.4. The molecule has 3 amide bonds. The number of pyridine rings is 1. The van der Waals surface area contributed by atoms with E-state index in [9.17, 15) is 18.8 Å². The molecule has 0 fully saturated rings. The summed E-state index contributed by atoms with van der Waals surface area (Å²) in [4.78, 5) is 42.1. The Labute approximate surface area is 204 Å². The van der Waals surface area contributed by atoms with Gasteiger partial charge < -0.3 is 16.0 Å². The molecule has 0 aliphatic carbocycles. The van der Waals surface area contributed by atoms with E-state index < -0.39 is 28.8 Å². The summed E-state index contributed by atoms with van der Waals surface area (Å²) in [7, 11) is 1.59. The highest BCUT2D eigenvalue weighted by Gasteiger charge is 2.27. The zero-order chi connectivity index (χ0) is 25.3. The molecule has 3 aromatic rings. The smallest absolute Gasteiger partial charge is 0.250 e. The third kappa shape index (κ3) is 5.00. The van der Waals surface area contributed by atoms with Crippen LogP contribution in [0.4, 0.5) is 20.2 Å². The summed E-state index contributed by atoms with van der Waals surface area (Å²) in [6.45, 7) is 0. The number of amides is 3. The highest BCUT2D eigenvalue weighted by molar-refractivity contribution is 6.22. The highest BCUT2D eigenvalue weighted by Crippen LogP contribution is 2.36. The van der Waals surface area contributed by atoms with Crippen molar-refractivity contribution in [2.75, 3.05) is 17.3 Å². The lowest BCUT2D eigenvalue weighted by atomic mass is 9.94. The Morgan fingerprint density at radius 3 is 2.69 bits per heavy atom. The standard InChI is InChI=1S/C25H21ClF2N4O3/c1-32-20-7-5-16(23(28)17(20)6-8-22(32)34)13-9-18(25(29)35)24(30-12-13)19(26)11-21(33)31-15-4-2-3-14(27)10-15/h2-5,7,9-10,12,19H,6,8,11H2,1H3,(H2,29,35)(H,31,33). The molecule has 1 aromatic heterocycles. The lowest BCUT2D eigenvalue weighted by Gasteiger charge is -2.26. The third-order valence-electron chi connectivity index (χ3n) is 5.81. The topological polar surface area (TPSA) is 105 Å². The number of alkyl halides is 1. The molecule has 0 saturated heterocycles. The maximum absolute atomic E-state index is 15.4. The molecule has 7 nitrogen and oxygen atoms in total. The quantitative estimate of drug-likeness (QED) is 0.493. The first-order valence-electron chi connectivity index (χ1n) is 10.7. The van der Waals surface area contributed by atoms with Gasteiger partial charge in [-0.2, -0.15) is 0 Å². The maximum Gasteiger partial charge on any atom is 0.250 e. The minimum atomic E-state index is -1.02. The molecule has 10 heteroatoms. The number of halogens is 3. The monoisotopic (exact) mass is 498 g/mol. The van der Waals surface area contributed by atoms with Crippen LogP contribution in [0.25, 0.3) is 11.1 Å². The van der Waals surface area contributed by atoms with E-state index in [0.717, 1.165) is 6.07 Å². The summed E-state index contributed by atoms with van der Waals surface area (Å²) in [5.74, 6) is -2.47. The number of aromatic nitrogens is 1. The van der Waals surface area contributed by atoms with Crippen LogP contribution < -0.4 is 16.0 Å². The van der Waals surface area contributed by atoms with Crippen LogP contribution in [0.3, 0.4) is 0 Å². The fraction of sp³-hybridized carbons (Fsp3) is 0.200. The zero-order valence-electron chi connectivity index (χ0n) is 18.6. The lowest BCUT2D eigenvalue weighted by Crippen LogP contribution is -2.31. The van der Waals surface area contributed by atoms with Crippen LogP contribution in [0.2, 0.25) is 0 Å². The third-order valence-corrected chi connectivity index (χ3v) is 6.17. The van der Waals surface area contributed by atoms with Gasteiger partial charge in [0, 0.05) is 54.2 Å². The van der Waals surface area contributed by atoms with Gasteiger partial charge >= 0.3 is 0 Å². The van der Waals surface area contributed by atoms with Crippen molar-refractivity contribution in [1.82, 2.24) is 4.98 Å². The molecule has 180 valence electrons. The van der Waals surface area contributed by atoms with E-state index in [1.807, 2.05) is 0 Å². The van der Waals surface area contributed by atoms with E-state index in [1.165, 1.54) is 41.4 Å². The molecule has 0 bridgehead atoms. The van der Waals surface area contributed by atoms with Gasteiger partial charge in [0.1, 0.15) is 11.6 Å². The number of fused-ring (bicyclic) bond motifs is 1. The second-order valence-electron chi connectivity index (χ2n) is 8.13. The second-order valence-corrected chi connectivity index (χ2v) is 8.66. The van der Waals surface area contributed by atoms with Gasteiger partial charge in [-0.25, -0.2) is 8.78 Å². The highest BCUT2D eigenvalue weighted by atomic mass is 35.5. The average molecular weight is 499 g/mol. The van der Waals surface area contributed by atoms with E-state index in [1.54, 1.807) is 13.1 Å². The average Bonchev–Trinajstić information content (AvgIpc) is 2.81. The Morgan fingerprint density at radius 2 is 1.97 bits per heavy atom. The Kier molecular flexibility index (Phi) is 6.79. The van der Waals surface area contributed by atoms with E-state index in [0.29, 0.717) is 16.8 Å². The molecule has 1 atom stereocenters. The Hall–Kier alpha value is -3.85. The number of hydrogen-bond acceptors (Lipinski definition) is 4. The predicted molar refractivity (Wildman–Crippen MR) is 128 cm³/mol. The Bertz CT molecular complexity index is 1350.